The molecule has 0 aliphatic carbocycles. The standard InChI is InChI=1S/C9H7.C4H10N.C4H12O2Si.CH3.CH2.2ClH.Ti/c1-2-5-9-7-3-6-8(9)4-1;1-4(2,3)5;1-7(2,3)6-4-5;;;;;/h1-7H;5H,1-3H3;5H,4H2,1-3H3;1H3;1H2;2*1H;/q2*-1;;-1;;;;+2/p-2. The maximum absolute atomic E-state index is 8.21. The molecule has 0 saturated carbocycles. The first-order valence-corrected chi connectivity index (χ1v) is 16.7. The molecule has 0 bridgehead atoms. The van der Waals surface area contributed by atoms with Crippen molar-refractivity contribution in [2.24, 2.45) is 0 Å². The number of hydrogen-bond acceptors (Lipinski definition) is 2. The molecule has 0 aliphatic rings. The van der Waals surface area contributed by atoms with E-state index in [9.17, 15) is 0 Å². The van der Waals surface area contributed by atoms with Gasteiger partial charge in [-0.05, 0) is 19.6 Å². The quantitative estimate of drug-likeness (QED) is 0.302. The van der Waals surface area contributed by atoms with Crippen LogP contribution in [0, 0.1) is 7.43 Å². The molecule has 3 nitrogen and oxygen atoms in total. The van der Waals surface area contributed by atoms with Crippen molar-refractivity contribution in [3.8, 4) is 0 Å². The van der Waals surface area contributed by atoms with Gasteiger partial charge in [-0.3, -0.25) is 0 Å². The van der Waals surface area contributed by atoms with Crippen LogP contribution >= 0.6 is 18.6 Å². The van der Waals surface area contributed by atoms with E-state index < -0.39 is 23.6 Å². The molecule has 0 aliphatic heterocycles. The number of aliphatic hydroxyl groups excluding tert-OH is 1. The second-order valence-electron chi connectivity index (χ2n) is 7.13. The number of rotatable bonds is 2. The molecule has 0 amide bonds. The molecule has 0 saturated heterocycles. The molecular weight excluding hydrogens is 421 g/mol. The van der Waals surface area contributed by atoms with E-state index in [2.05, 4.69) is 47.3 Å². The predicted molar refractivity (Wildman–Crippen MR) is 120 cm³/mol. The molecule has 2 aromatic carbocycles. The van der Waals surface area contributed by atoms with Gasteiger partial charge in [0, 0.05) is 0 Å². The molecular formula is C19H34Cl2NO2SiTi-3. The number of fused-ring (bicyclic) bond motifs is 1. The third kappa shape index (κ3) is 28.9. The Labute approximate surface area is 175 Å². The van der Waals surface area contributed by atoms with Gasteiger partial charge in [0.15, 0.2) is 8.32 Å². The van der Waals surface area contributed by atoms with Gasteiger partial charge in [0.25, 0.3) is 0 Å². The van der Waals surface area contributed by atoms with Crippen LogP contribution in [0.2, 0.25) is 19.6 Å². The largest absolute Gasteiger partial charge is 0.358 e. The number of nitrogens with one attached hydrogen (secondary N) is 1. The number of hydrogen-bond donors (Lipinski definition) is 1. The fourth-order valence-corrected chi connectivity index (χ4v) is 1.65. The maximum Gasteiger partial charge on any atom is -0.0809 e. The van der Waals surface area contributed by atoms with E-state index in [1.54, 1.807) is 0 Å². The Bertz CT molecular complexity index is 553. The van der Waals surface area contributed by atoms with E-state index >= 15 is 0 Å². The topological polar surface area (TPSA) is 53.3 Å². The summed E-state index contributed by atoms with van der Waals surface area (Å²) in [7, 11) is 8.78. The fraction of sp³-hybridized carbons (Fsp3) is 0.421. The van der Waals surface area contributed by atoms with Crippen molar-refractivity contribution < 1.29 is 24.8 Å². The minimum Gasteiger partial charge on any atom is -0.358 e. The van der Waals surface area contributed by atoms with Gasteiger partial charge in [0.05, 0.1) is 0 Å². The normalized spacial score (nSPS) is 10.1. The summed E-state index contributed by atoms with van der Waals surface area (Å²) in [5.74, 6) is 0. The molecule has 0 atom stereocenters. The molecule has 0 unspecified atom stereocenters. The van der Waals surface area contributed by atoms with Crippen LogP contribution in [0.1, 0.15) is 20.8 Å². The van der Waals surface area contributed by atoms with Gasteiger partial charge < -0.3 is 22.7 Å². The van der Waals surface area contributed by atoms with E-state index in [1.807, 2.05) is 40.4 Å². The van der Waals surface area contributed by atoms with E-state index in [1.165, 1.54) is 10.8 Å². The Balaban J connectivity index is -0.000000283. The summed E-state index contributed by atoms with van der Waals surface area (Å²) in [6.07, 6.45) is 0. The minimum absolute atomic E-state index is 0. The number of halogens is 2. The number of benzene rings is 1. The van der Waals surface area contributed by atoms with Crippen LogP contribution in [-0.2, 0) is 19.7 Å². The Morgan fingerprint density at radius 1 is 1.19 bits per heavy atom. The summed E-state index contributed by atoms with van der Waals surface area (Å²) in [4.78, 5) is 3.34. The monoisotopic (exact) mass is 454 g/mol. The predicted octanol–water partition coefficient (Wildman–Crippen LogP) is 6.98. The van der Waals surface area contributed by atoms with Gasteiger partial charge in [-0.2, -0.15) is 17.5 Å². The van der Waals surface area contributed by atoms with Crippen LogP contribution in [0.4, 0.5) is 0 Å². The van der Waals surface area contributed by atoms with Crippen LogP contribution in [0.25, 0.3) is 16.5 Å². The van der Waals surface area contributed by atoms with Crippen LogP contribution in [0.5, 0.6) is 0 Å². The Morgan fingerprint density at radius 2 is 1.62 bits per heavy atom. The van der Waals surface area contributed by atoms with Crippen LogP contribution < -0.4 is 0 Å². The average molecular weight is 455 g/mol. The zero-order valence-electron chi connectivity index (χ0n) is 17.1. The molecule has 26 heavy (non-hydrogen) atoms. The smallest absolute Gasteiger partial charge is 0.0809 e. The molecule has 2 N–H and O–H groups in total. The summed E-state index contributed by atoms with van der Waals surface area (Å²) in [5.41, 5.74) is 6.69. The van der Waals surface area contributed by atoms with Gasteiger partial charge in [-0.15, -0.1) is 35.2 Å². The number of aliphatic hydroxyl groups is 1. The first kappa shape index (κ1) is 30.8. The first-order chi connectivity index (χ1) is 11.3. The summed E-state index contributed by atoms with van der Waals surface area (Å²) in [5, 5.41) is 10.9. The molecule has 0 radical (unpaired) electrons. The van der Waals surface area contributed by atoms with E-state index in [0.717, 1.165) is 0 Å². The van der Waals surface area contributed by atoms with E-state index in [0.29, 0.717) is 0 Å². The van der Waals surface area contributed by atoms with Crippen molar-refractivity contribution in [2.45, 2.75) is 46.0 Å². The average Bonchev–Trinajstić information content (AvgIpc) is 2.83. The fourth-order valence-electron chi connectivity index (χ4n) is 1.26. The summed E-state index contributed by atoms with van der Waals surface area (Å²) >= 11 is -1.64. The molecule has 0 fully saturated rings. The molecule has 0 aromatic heterocycles. The summed E-state index contributed by atoms with van der Waals surface area (Å²) < 4.78 is 4.92. The third-order valence-electron chi connectivity index (χ3n) is 2.05. The third-order valence-corrected chi connectivity index (χ3v) is 3.04. The molecule has 152 valence electrons. The van der Waals surface area contributed by atoms with Crippen molar-refractivity contribution in [2.75, 3.05) is 6.79 Å². The van der Waals surface area contributed by atoms with Gasteiger partial charge in [0.1, 0.15) is 6.79 Å². The molecule has 0 spiro atoms. The second kappa shape index (κ2) is 16.1. The van der Waals surface area contributed by atoms with Crippen molar-refractivity contribution in [1.82, 2.24) is 0 Å². The van der Waals surface area contributed by atoms with Gasteiger partial charge in [0.2, 0.25) is 0 Å². The van der Waals surface area contributed by atoms with Gasteiger partial charge >= 0.3 is 38.7 Å². The van der Waals surface area contributed by atoms with Crippen LogP contribution in [-0.4, -0.2) is 30.6 Å². The summed E-state index contributed by atoms with van der Waals surface area (Å²) in [6.45, 7) is 11.5. The van der Waals surface area contributed by atoms with Crippen LogP contribution in [0.3, 0.4) is 0 Å². The van der Waals surface area contributed by atoms with Crippen molar-refractivity contribution in [1.29, 1.82) is 0 Å². The van der Waals surface area contributed by atoms with E-state index in [-0.39, 0.29) is 19.8 Å². The van der Waals surface area contributed by atoms with Gasteiger partial charge in [-0.1, -0.05) is 26.8 Å². The summed E-state index contributed by atoms with van der Waals surface area (Å²) in [6, 6.07) is 14.7. The van der Waals surface area contributed by atoms with Crippen molar-refractivity contribution >= 4 is 42.5 Å². The first-order valence-electron chi connectivity index (χ1n) is 7.86. The Hall–Kier alpha value is 0.0912. The molecule has 2 aromatic rings. The second-order valence-corrected chi connectivity index (χ2v) is 17.3. The van der Waals surface area contributed by atoms with Crippen LogP contribution in [0.15, 0.2) is 42.5 Å². The van der Waals surface area contributed by atoms with Gasteiger partial charge in [-0.25, -0.2) is 0 Å². The Morgan fingerprint density at radius 3 is 1.92 bits per heavy atom. The zero-order valence-corrected chi connectivity index (χ0v) is 21.1. The minimum atomic E-state index is -1.64. The van der Waals surface area contributed by atoms with E-state index in [4.69, 9.17) is 33.9 Å². The van der Waals surface area contributed by atoms with Crippen molar-refractivity contribution in [3.05, 3.63) is 55.6 Å². The Kier molecular flexibility index (Phi) is 19.1. The molecule has 7 heteroatoms. The van der Waals surface area contributed by atoms with Crippen molar-refractivity contribution in [3.63, 3.8) is 0 Å². The molecule has 0 heterocycles. The molecule has 2 rings (SSSR count). The SMILES string of the molecule is CC(C)(C)[NH-].C[Si](C)(C)OCO.[CH2]=[Ti]([Cl])[Cl].[CH3-].c1ccc2[cH-]ccc2c1. The zero-order chi connectivity index (χ0) is 20.1. The maximum atomic E-state index is 8.21.